The quantitative estimate of drug-likeness (QED) is 0.358. The molecule has 0 saturated carbocycles. The van der Waals surface area contributed by atoms with Crippen molar-refractivity contribution in [3.63, 3.8) is 0 Å². The summed E-state index contributed by atoms with van der Waals surface area (Å²) in [4.78, 5) is 31.4. The number of carbonyl (C=O) groups excluding carboxylic acids is 1. The molecule has 0 bridgehead atoms. The molecule has 3 aromatic heterocycles. The van der Waals surface area contributed by atoms with Crippen LogP contribution in [0.5, 0.6) is 5.75 Å². The van der Waals surface area contributed by atoms with Crippen LogP contribution in [-0.4, -0.2) is 35.4 Å². The standard InChI is InChI=1S/C26H20FN7O2/c1-26(15-7-8-19(35)16(27)12-15)20-21(28)31-22(32-23(20)33-25(26)36)18-13-34-10-9-29-24(34)17(30-18)11-14-5-3-2-4-6-14/h2-10,12-13,35H,11H2,1H3,(H3,28,31,32,33,36). The predicted octanol–water partition coefficient (Wildman–Crippen LogP) is 3.46. The number of phenolic OH excluding ortho intramolecular Hbond substituents is 1. The van der Waals surface area contributed by atoms with E-state index in [0.29, 0.717) is 28.9 Å². The summed E-state index contributed by atoms with van der Waals surface area (Å²) in [5.41, 5.74) is 8.68. The Morgan fingerprint density at radius 1 is 1.14 bits per heavy atom. The first-order chi connectivity index (χ1) is 17.3. The Hall–Kier alpha value is -4.86. The lowest BCUT2D eigenvalue weighted by Gasteiger charge is -2.23. The highest BCUT2D eigenvalue weighted by atomic mass is 19.1. The Labute approximate surface area is 204 Å². The summed E-state index contributed by atoms with van der Waals surface area (Å²) >= 11 is 0. The van der Waals surface area contributed by atoms with Crippen LogP contribution in [-0.2, 0) is 16.6 Å². The average molecular weight is 481 g/mol. The fourth-order valence-corrected chi connectivity index (χ4v) is 4.63. The molecule has 2 aromatic carbocycles. The smallest absolute Gasteiger partial charge is 0.240 e. The number of aromatic hydroxyl groups is 1. The van der Waals surface area contributed by atoms with Gasteiger partial charge in [0.25, 0.3) is 0 Å². The number of imidazole rings is 1. The first kappa shape index (κ1) is 21.7. The van der Waals surface area contributed by atoms with Crippen LogP contribution in [0.3, 0.4) is 0 Å². The zero-order chi connectivity index (χ0) is 25.0. The molecule has 178 valence electrons. The fraction of sp³-hybridized carbons (Fsp3) is 0.115. The van der Waals surface area contributed by atoms with E-state index >= 15 is 0 Å². The third-order valence-electron chi connectivity index (χ3n) is 6.54. The molecule has 0 aliphatic carbocycles. The Balaban J connectivity index is 1.47. The molecule has 1 aliphatic heterocycles. The number of hydrogen-bond acceptors (Lipinski definition) is 7. The van der Waals surface area contributed by atoms with Crippen molar-refractivity contribution in [2.24, 2.45) is 0 Å². The SMILES string of the molecule is CC1(c2ccc(O)c(F)c2)C(=O)Nc2nc(-c3cn4ccnc4c(Cc4ccccc4)n3)nc(N)c21. The third kappa shape index (κ3) is 3.26. The number of halogens is 1. The van der Waals surface area contributed by atoms with Crippen molar-refractivity contribution in [3.8, 4) is 17.3 Å². The minimum absolute atomic E-state index is 0.0708. The zero-order valence-electron chi connectivity index (χ0n) is 19.1. The number of aromatic nitrogens is 5. The van der Waals surface area contributed by atoms with E-state index in [9.17, 15) is 14.3 Å². The van der Waals surface area contributed by atoms with Crippen LogP contribution in [0.25, 0.3) is 17.2 Å². The summed E-state index contributed by atoms with van der Waals surface area (Å²) in [7, 11) is 0. The predicted molar refractivity (Wildman–Crippen MR) is 131 cm³/mol. The van der Waals surface area contributed by atoms with Gasteiger partial charge in [-0.1, -0.05) is 36.4 Å². The molecule has 1 aliphatic rings. The highest BCUT2D eigenvalue weighted by molar-refractivity contribution is 6.09. The number of anilines is 2. The number of phenols is 1. The van der Waals surface area contributed by atoms with Gasteiger partial charge in [0.05, 0.1) is 11.3 Å². The molecule has 1 atom stereocenters. The van der Waals surface area contributed by atoms with Crippen LogP contribution in [0.4, 0.5) is 16.0 Å². The highest BCUT2D eigenvalue weighted by Crippen LogP contribution is 2.45. The Kier molecular flexibility index (Phi) is 4.72. The molecule has 36 heavy (non-hydrogen) atoms. The number of carbonyl (C=O) groups is 1. The minimum atomic E-state index is -1.34. The summed E-state index contributed by atoms with van der Waals surface area (Å²) in [6, 6.07) is 13.7. The molecule has 0 saturated heterocycles. The molecule has 0 fully saturated rings. The van der Waals surface area contributed by atoms with Crippen molar-refractivity contribution in [1.82, 2.24) is 24.3 Å². The van der Waals surface area contributed by atoms with Crippen LogP contribution in [0.1, 0.15) is 29.3 Å². The number of fused-ring (bicyclic) bond motifs is 2. The second-order valence-electron chi connectivity index (χ2n) is 8.79. The van der Waals surface area contributed by atoms with E-state index in [1.165, 1.54) is 12.1 Å². The molecule has 0 spiro atoms. The van der Waals surface area contributed by atoms with Crippen molar-refractivity contribution < 1.29 is 14.3 Å². The number of hydrogen-bond donors (Lipinski definition) is 3. The van der Waals surface area contributed by atoms with Gasteiger partial charge in [-0.25, -0.2) is 24.3 Å². The van der Waals surface area contributed by atoms with Crippen LogP contribution in [0.15, 0.2) is 67.1 Å². The average Bonchev–Trinajstić information content (AvgIpc) is 3.44. The van der Waals surface area contributed by atoms with E-state index in [-0.39, 0.29) is 17.5 Å². The van der Waals surface area contributed by atoms with E-state index in [2.05, 4.69) is 20.3 Å². The largest absolute Gasteiger partial charge is 0.505 e. The summed E-state index contributed by atoms with van der Waals surface area (Å²) in [5, 5.41) is 12.3. The van der Waals surface area contributed by atoms with Crippen LogP contribution < -0.4 is 11.1 Å². The summed E-state index contributed by atoms with van der Waals surface area (Å²) in [6.45, 7) is 1.62. The van der Waals surface area contributed by atoms with Gasteiger partial charge < -0.3 is 20.6 Å². The van der Waals surface area contributed by atoms with Gasteiger partial charge >= 0.3 is 0 Å². The molecule has 0 radical (unpaired) electrons. The van der Waals surface area contributed by atoms with Crippen LogP contribution in [0, 0.1) is 5.82 Å². The summed E-state index contributed by atoms with van der Waals surface area (Å²) in [5.74, 6) is -1.24. The molecular formula is C26H20FN7O2. The van der Waals surface area contributed by atoms with E-state index in [0.717, 1.165) is 17.3 Å². The van der Waals surface area contributed by atoms with E-state index in [1.807, 2.05) is 40.9 Å². The van der Waals surface area contributed by atoms with Gasteiger partial charge in [0, 0.05) is 25.0 Å². The first-order valence-corrected chi connectivity index (χ1v) is 11.2. The number of nitrogens with two attached hydrogens (primary N) is 1. The Morgan fingerprint density at radius 3 is 2.72 bits per heavy atom. The highest BCUT2D eigenvalue weighted by Gasteiger charge is 2.48. The van der Waals surface area contributed by atoms with E-state index < -0.39 is 22.9 Å². The Morgan fingerprint density at radius 2 is 1.94 bits per heavy atom. The normalized spacial score (nSPS) is 16.8. The first-order valence-electron chi connectivity index (χ1n) is 11.2. The maximum Gasteiger partial charge on any atom is 0.240 e. The molecule has 4 N–H and O–H groups in total. The second-order valence-corrected chi connectivity index (χ2v) is 8.79. The van der Waals surface area contributed by atoms with Crippen molar-refractivity contribution in [1.29, 1.82) is 0 Å². The van der Waals surface area contributed by atoms with Gasteiger partial charge in [0.2, 0.25) is 5.91 Å². The van der Waals surface area contributed by atoms with Gasteiger partial charge in [-0.05, 0) is 30.2 Å². The molecular weight excluding hydrogens is 461 g/mol. The molecule has 10 heteroatoms. The number of rotatable bonds is 4. The lowest BCUT2D eigenvalue weighted by Crippen LogP contribution is -2.33. The zero-order valence-corrected chi connectivity index (χ0v) is 19.1. The van der Waals surface area contributed by atoms with Gasteiger partial charge in [-0.2, -0.15) is 0 Å². The van der Waals surface area contributed by atoms with E-state index in [4.69, 9.17) is 10.7 Å². The number of benzene rings is 2. The third-order valence-corrected chi connectivity index (χ3v) is 6.54. The molecule has 5 aromatic rings. The number of nitrogen functional groups attached to an aromatic ring is 1. The maximum absolute atomic E-state index is 14.1. The molecule has 1 amide bonds. The van der Waals surface area contributed by atoms with Crippen molar-refractivity contribution >= 4 is 23.2 Å². The van der Waals surface area contributed by atoms with Crippen molar-refractivity contribution in [2.75, 3.05) is 11.1 Å². The molecule has 6 rings (SSSR count). The molecule has 9 nitrogen and oxygen atoms in total. The Bertz CT molecular complexity index is 1670. The number of nitrogens with one attached hydrogen (secondary N) is 1. The molecule has 1 unspecified atom stereocenters. The number of amides is 1. The summed E-state index contributed by atoms with van der Waals surface area (Å²) < 4.78 is 16.0. The van der Waals surface area contributed by atoms with Gasteiger partial charge in [0.1, 0.15) is 22.7 Å². The molecule has 4 heterocycles. The number of nitrogens with zero attached hydrogens (tertiary/aromatic N) is 5. The van der Waals surface area contributed by atoms with E-state index in [1.54, 1.807) is 19.3 Å². The van der Waals surface area contributed by atoms with Gasteiger partial charge in [-0.15, -0.1) is 0 Å². The maximum atomic E-state index is 14.1. The van der Waals surface area contributed by atoms with Gasteiger partial charge in [-0.3, -0.25) is 4.79 Å². The second kappa shape index (κ2) is 7.84. The lowest BCUT2D eigenvalue weighted by molar-refractivity contribution is -0.119. The van der Waals surface area contributed by atoms with Crippen molar-refractivity contribution in [2.45, 2.75) is 18.8 Å². The van der Waals surface area contributed by atoms with Crippen molar-refractivity contribution in [3.05, 3.63) is 95.3 Å². The van der Waals surface area contributed by atoms with Crippen LogP contribution in [0.2, 0.25) is 0 Å². The van der Waals surface area contributed by atoms with Crippen LogP contribution >= 0.6 is 0 Å². The minimum Gasteiger partial charge on any atom is -0.505 e. The summed E-state index contributed by atoms with van der Waals surface area (Å²) in [6.07, 6.45) is 5.81. The lowest BCUT2D eigenvalue weighted by atomic mass is 9.77. The van der Waals surface area contributed by atoms with Gasteiger partial charge in [0.15, 0.2) is 23.0 Å². The fourth-order valence-electron chi connectivity index (χ4n) is 4.63. The monoisotopic (exact) mass is 481 g/mol. The topological polar surface area (TPSA) is 131 Å².